The van der Waals surface area contributed by atoms with Gasteiger partial charge in [0.15, 0.2) is 0 Å². The fourth-order valence-electron chi connectivity index (χ4n) is 6.04. The quantitative estimate of drug-likeness (QED) is 0.0333. The maximum atomic E-state index is 13.1. The van der Waals surface area contributed by atoms with E-state index in [0.717, 1.165) is 83.5 Å². The van der Waals surface area contributed by atoms with Crippen molar-refractivity contribution in [3.05, 3.63) is 97.2 Å². The van der Waals surface area contributed by atoms with Crippen molar-refractivity contribution in [3.8, 4) is 0 Å². The molecule has 6 nitrogen and oxygen atoms in total. The molecule has 6 heteroatoms. The van der Waals surface area contributed by atoms with Crippen LogP contribution in [0.4, 0.5) is 0 Å². The Labute approximate surface area is 337 Å². The van der Waals surface area contributed by atoms with Crippen LogP contribution in [0.3, 0.4) is 0 Å². The number of nitrogens with one attached hydrogen (secondary N) is 1. The molecule has 0 rings (SSSR count). The van der Waals surface area contributed by atoms with Crippen LogP contribution in [0, 0.1) is 0 Å². The average Bonchev–Trinajstić information content (AvgIpc) is 3.18. The summed E-state index contributed by atoms with van der Waals surface area (Å²) in [4.78, 5) is 25.9. The average molecular weight is 764 g/mol. The zero-order valence-corrected chi connectivity index (χ0v) is 35.3. The zero-order valence-electron chi connectivity index (χ0n) is 35.3. The Morgan fingerprint density at radius 3 is 1.49 bits per heavy atom. The fraction of sp³-hybridized carbons (Fsp3) is 0.633. The standard InChI is InChI=1S/C49H81NO5/c1-4-7-10-13-16-19-22-24-26-28-31-34-37-40-45(55-49(54)42-39-36-33-30-27-25-23-20-17-14-11-8-5-2)43-48(53)50-46(44-51)47(52)41-38-35-32-29-21-18-15-12-9-6-3/h7-8,10-11,13-14,16-17,19-20,22-27,45-47,51-52H,4-6,9,12,15,18,21,28-44H2,1-3H3,(H,50,53)/b10-7+,11-8+,16-13+,17-14+,22-19+,23-20-,26-24-,27-25-. The zero-order chi connectivity index (χ0) is 40.3. The van der Waals surface area contributed by atoms with Crippen molar-refractivity contribution in [1.29, 1.82) is 0 Å². The third kappa shape index (κ3) is 37.5. The molecular formula is C49H81NO5. The van der Waals surface area contributed by atoms with Crippen LogP contribution >= 0.6 is 0 Å². The molecule has 0 radical (unpaired) electrons. The largest absolute Gasteiger partial charge is 0.462 e. The molecule has 312 valence electrons. The molecule has 0 aromatic carbocycles. The van der Waals surface area contributed by atoms with E-state index in [1.54, 1.807) is 0 Å². The number of amides is 1. The summed E-state index contributed by atoms with van der Waals surface area (Å²) in [6.45, 7) is 6.14. The highest BCUT2D eigenvalue weighted by molar-refractivity contribution is 5.77. The van der Waals surface area contributed by atoms with Gasteiger partial charge in [-0.05, 0) is 64.2 Å². The second kappa shape index (κ2) is 41.9. The van der Waals surface area contributed by atoms with Crippen LogP contribution in [0.25, 0.3) is 0 Å². The van der Waals surface area contributed by atoms with Crippen molar-refractivity contribution in [2.75, 3.05) is 6.61 Å². The van der Waals surface area contributed by atoms with Gasteiger partial charge in [-0.25, -0.2) is 0 Å². The molecule has 0 aliphatic rings. The molecule has 1 amide bonds. The van der Waals surface area contributed by atoms with Gasteiger partial charge in [0, 0.05) is 6.42 Å². The first-order chi connectivity index (χ1) is 27.0. The highest BCUT2D eigenvalue weighted by Gasteiger charge is 2.24. The van der Waals surface area contributed by atoms with E-state index in [0.29, 0.717) is 19.3 Å². The van der Waals surface area contributed by atoms with E-state index in [1.807, 2.05) is 60.8 Å². The summed E-state index contributed by atoms with van der Waals surface area (Å²) < 4.78 is 5.86. The van der Waals surface area contributed by atoms with Crippen LogP contribution in [-0.2, 0) is 14.3 Å². The molecule has 0 aromatic heterocycles. The van der Waals surface area contributed by atoms with E-state index in [2.05, 4.69) is 62.5 Å². The summed E-state index contributed by atoms with van der Waals surface area (Å²) in [5.41, 5.74) is 0. The fourth-order valence-corrected chi connectivity index (χ4v) is 6.04. The second-order valence-corrected chi connectivity index (χ2v) is 14.5. The normalized spacial score (nSPS) is 14.3. The number of aliphatic hydroxyl groups is 2. The maximum absolute atomic E-state index is 13.1. The smallest absolute Gasteiger partial charge is 0.306 e. The number of rotatable bonds is 37. The molecule has 0 fully saturated rings. The number of hydrogen-bond donors (Lipinski definition) is 3. The SMILES string of the molecule is CC/C=C/C=C/C=C\C=C/CCCCCC(=O)OC(CCCCC\C=C/C=C/C=C/C=C/CC)CC(=O)NC(CO)C(O)CCCCCCCCCCCC. The van der Waals surface area contributed by atoms with Crippen LogP contribution < -0.4 is 5.32 Å². The van der Waals surface area contributed by atoms with E-state index in [-0.39, 0.29) is 24.9 Å². The molecule has 0 saturated carbocycles. The number of unbranched alkanes of at least 4 members (excludes halogenated alkanes) is 15. The molecule has 3 N–H and O–H groups in total. The number of ether oxygens (including phenoxy) is 1. The molecule has 0 heterocycles. The maximum Gasteiger partial charge on any atom is 0.306 e. The second-order valence-electron chi connectivity index (χ2n) is 14.5. The van der Waals surface area contributed by atoms with Crippen molar-refractivity contribution in [1.82, 2.24) is 5.32 Å². The number of esters is 1. The highest BCUT2D eigenvalue weighted by atomic mass is 16.5. The summed E-state index contributed by atoms with van der Waals surface area (Å²) in [6, 6.07) is -0.726. The monoisotopic (exact) mass is 764 g/mol. The summed E-state index contributed by atoms with van der Waals surface area (Å²) in [5, 5.41) is 23.6. The van der Waals surface area contributed by atoms with Crippen LogP contribution in [-0.4, -0.2) is 46.9 Å². The van der Waals surface area contributed by atoms with Crippen LogP contribution in [0.1, 0.15) is 175 Å². The van der Waals surface area contributed by atoms with Crippen LogP contribution in [0.5, 0.6) is 0 Å². The van der Waals surface area contributed by atoms with Crippen molar-refractivity contribution >= 4 is 11.9 Å². The lowest BCUT2D eigenvalue weighted by Crippen LogP contribution is -2.46. The van der Waals surface area contributed by atoms with Gasteiger partial charge in [-0.1, -0.05) is 195 Å². The minimum atomic E-state index is -0.809. The van der Waals surface area contributed by atoms with Gasteiger partial charge < -0.3 is 20.3 Å². The highest BCUT2D eigenvalue weighted by Crippen LogP contribution is 2.16. The number of carbonyl (C=O) groups is 2. The predicted molar refractivity (Wildman–Crippen MR) is 236 cm³/mol. The van der Waals surface area contributed by atoms with Gasteiger partial charge in [0.1, 0.15) is 6.10 Å². The van der Waals surface area contributed by atoms with Gasteiger partial charge in [0.2, 0.25) is 5.91 Å². The van der Waals surface area contributed by atoms with Gasteiger partial charge in [0.05, 0.1) is 25.2 Å². The molecule has 3 unspecified atom stereocenters. The van der Waals surface area contributed by atoms with E-state index in [9.17, 15) is 19.8 Å². The summed E-state index contributed by atoms with van der Waals surface area (Å²) in [6.07, 6.45) is 54.6. The lowest BCUT2D eigenvalue weighted by molar-refractivity contribution is -0.151. The number of allylic oxidation sites excluding steroid dienone is 16. The first kappa shape index (κ1) is 51.8. The summed E-state index contributed by atoms with van der Waals surface area (Å²) in [7, 11) is 0. The Kier molecular flexibility index (Phi) is 39.5. The van der Waals surface area contributed by atoms with Gasteiger partial charge >= 0.3 is 5.97 Å². The van der Waals surface area contributed by atoms with Gasteiger partial charge in [0.25, 0.3) is 0 Å². The minimum Gasteiger partial charge on any atom is -0.462 e. The predicted octanol–water partition coefficient (Wildman–Crippen LogP) is 12.6. The molecule has 3 atom stereocenters. The van der Waals surface area contributed by atoms with Crippen molar-refractivity contribution < 1.29 is 24.5 Å². The molecule has 0 bridgehead atoms. The molecule has 0 aliphatic carbocycles. The number of carbonyl (C=O) groups excluding carboxylic acids is 2. The Morgan fingerprint density at radius 1 is 0.545 bits per heavy atom. The lowest BCUT2D eigenvalue weighted by atomic mass is 10.0. The number of hydrogen-bond acceptors (Lipinski definition) is 5. The van der Waals surface area contributed by atoms with Crippen molar-refractivity contribution in [2.24, 2.45) is 0 Å². The van der Waals surface area contributed by atoms with E-state index < -0.39 is 18.2 Å². The van der Waals surface area contributed by atoms with Crippen LogP contribution in [0.15, 0.2) is 97.2 Å². The topological polar surface area (TPSA) is 95.9 Å². The Balaban J connectivity index is 4.79. The van der Waals surface area contributed by atoms with Gasteiger partial charge in [-0.3, -0.25) is 9.59 Å². The van der Waals surface area contributed by atoms with Gasteiger partial charge in [-0.15, -0.1) is 0 Å². The Hall–Kier alpha value is -3.22. The molecule has 0 spiro atoms. The third-order valence-corrected chi connectivity index (χ3v) is 9.35. The lowest BCUT2D eigenvalue weighted by Gasteiger charge is -2.24. The first-order valence-corrected chi connectivity index (χ1v) is 22.1. The Bertz CT molecular complexity index is 1130. The van der Waals surface area contributed by atoms with E-state index in [1.165, 1.54) is 44.9 Å². The van der Waals surface area contributed by atoms with Crippen molar-refractivity contribution in [3.63, 3.8) is 0 Å². The van der Waals surface area contributed by atoms with Crippen LogP contribution in [0.2, 0.25) is 0 Å². The molecule has 0 saturated heterocycles. The van der Waals surface area contributed by atoms with Gasteiger partial charge in [-0.2, -0.15) is 0 Å². The minimum absolute atomic E-state index is 0.0290. The van der Waals surface area contributed by atoms with Crippen molar-refractivity contribution in [2.45, 2.75) is 193 Å². The molecule has 0 aromatic rings. The summed E-state index contributed by atoms with van der Waals surface area (Å²) >= 11 is 0. The third-order valence-electron chi connectivity index (χ3n) is 9.35. The summed E-state index contributed by atoms with van der Waals surface area (Å²) in [5.74, 6) is -0.574. The Morgan fingerprint density at radius 2 is 0.982 bits per heavy atom. The molecule has 55 heavy (non-hydrogen) atoms. The molecular weight excluding hydrogens is 683 g/mol. The number of aliphatic hydroxyl groups excluding tert-OH is 2. The first-order valence-electron chi connectivity index (χ1n) is 22.1. The molecule has 0 aliphatic heterocycles. The van der Waals surface area contributed by atoms with E-state index >= 15 is 0 Å². The van der Waals surface area contributed by atoms with E-state index in [4.69, 9.17) is 4.74 Å².